The average Bonchev–Trinajstić information content (AvgIpc) is 3.06. The topological polar surface area (TPSA) is 58.6 Å². The molecule has 28 heavy (non-hydrogen) atoms. The first kappa shape index (κ1) is 19.0. The van der Waals surface area contributed by atoms with E-state index in [1.54, 1.807) is 0 Å². The summed E-state index contributed by atoms with van der Waals surface area (Å²) in [5.41, 5.74) is 4.94. The Morgan fingerprint density at radius 2 is 1.61 bits per heavy atom. The molecule has 0 aliphatic heterocycles. The number of hydrogen-bond acceptors (Lipinski definition) is 3. The van der Waals surface area contributed by atoms with Crippen molar-refractivity contribution >= 4 is 6.09 Å². The van der Waals surface area contributed by atoms with Gasteiger partial charge >= 0.3 is 6.09 Å². The molecule has 2 aromatic rings. The molecule has 0 saturated heterocycles. The van der Waals surface area contributed by atoms with E-state index in [1.807, 2.05) is 12.1 Å². The molecule has 1 fully saturated rings. The molecule has 2 aromatic carbocycles. The Bertz CT molecular complexity index is 775. The van der Waals surface area contributed by atoms with E-state index >= 15 is 0 Å². The number of carbonyl (C=O) groups is 1. The SMILES string of the molecule is O=C(NCC1(CCO)CCCCC1)OCC1c2ccccc2-c2ccccc21. The third-order valence-electron chi connectivity index (χ3n) is 6.51. The lowest BCUT2D eigenvalue weighted by Gasteiger charge is -2.37. The Morgan fingerprint density at radius 1 is 1.00 bits per heavy atom. The molecule has 148 valence electrons. The first-order valence-electron chi connectivity index (χ1n) is 10.4. The van der Waals surface area contributed by atoms with Gasteiger partial charge in [0.1, 0.15) is 6.61 Å². The van der Waals surface area contributed by atoms with E-state index < -0.39 is 0 Å². The Morgan fingerprint density at radius 3 is 2.21 bits per heavy atom. The van der Waals surface area contributed by atoms with E-state index in [0.29, 0.717) is 13.2 Å². The summed E-state index contributed by atoms with van der Waals surface area (Å²) >= 11 is 0. The molecule has 0 unspecified atom stereocenters. The maximum Gasteiger partial charge on any atom is 0.407 e. The molecule has 0 atom stereocenters. The predicted octanol–water partition coefficient (Wildman–Crippen LogP) is 4.86. The highest BCUT2D eigenvalue weighted by Crippen LogP contribution is 2.44. The number of nitrogens with one attached hydrogen (secondary N) is 1. The zero-order chi connectivity index (χ0) is 19.4. The predicted molar refractivity (Wildman–Crippen MR) is 110 cm³/mol. The molecule has 1 amide bonds. The summed E-state index contributed by atoms with van der Waals surface area (Å²) < 4.78 is 5.64. The molecule has 0 bridgehead atoms. The molecule has 2 N–H and O–H groups in total. The molecule has 1 saturated carbocycles. The molecule has 2 aliphatic carbocycles. The van der Waals surface area contributed by atoms with E-state index in [0.717, 1.165) is 19.3 Å². The number of rotatable bonds is 6. The Kier molecular flexibility index (Phi) is 5.67. The van der Waals surface area contributed by atoms with Crippen LogP contribution in [-0.2, 0) is 4.74 Å². The second kappa shape index (κ2) is 8.36. The zero-order valence-electron chi connectivity index (χ0n) is 16.3. The second-order valence-electron chi connectivity index (χ2n) is 8.21. The third kappa shape index (κ3) is 3.79. The molecule has 0 radical (unpaired) electrons. The van der Waals surface area contributed by atoms with E-state index in [2.05, 4.69) is 41.7 Å². The lowest BCUT2D eigenvalue weighted by molar-refractivity contribution is 0.109. The van der Waals surface area contributed by atoms with Crippen LogP contribution in [0.2, 0.25) is 0 Å². The largest absolute Gasteiger partial charge is 0.449 e. The molecule has 4 heteroatoms. The third-order valence-corrected chi connectivity index (χ3v) is 6.51. The molecular weight excluding hydrogens is 350 g/mol. The van der Waals surface area contributed by atoms with Crippen molar-refractivity contribution in [1.29, 1.82) is 0 Å². The first-order valence-corrected chi connectivity index (χ1v) is 10.4. The number of amides is 1. The number of fused-ring (bicyclic) bond motifs is 3. The van der Waals surface area contributed by atoms with Crippen LogP contribution in [0.1, 0.15) is 55.6 Å². The lowest BCUT2D eigenvalue weighted by Crippen LogP contribution is -2.40. The van der Waals surface area contributed by atoms with Crippen molar-refractivity contribution in [3.8, 4) is 11.1 Å². The summed E-state index contributed by atoms with van der Waals surface area (Å²) in [4.78, 5) is 12.4. The van der Waals surface area contributed by atoms with Gasteiger partial charge in [0.05, 0.1) is 0 Å². The highest BCUT2D eigenvalue weighted by atomic mass is 16.5. The van der Waals surface area contributed by atoms with Crippen molar-refractivity contribution in [3.05, 3.63) is 59.7 Å². The number of aliphatic hydroxyl groups is 1. The fraction of sp³-hybridized carbons (Fsp3) is 0.458. The van der Waals surface area contributed by atoms with Gasteiger partial charge in [-0.2, -0.15) is 0 Å². The zero-order valence-corrected chi connectivity index (χ0v) is 16.3. The van der Waals surface area contributed by atoms with Crippen molar-refractivity contribution in [3.63, 3.8) is 0 Å². The second-order valence-corrected chi connectivity index (χ2v) is 8.21. The number of benzene rings is 2. The van der Waals surface area contributed by atoms with Gasteiger partial charge in [0.2, 0.25) is 0 Å². The maximum atomic E-state index is 12.4. The van der Waals surface area contributed by atoms with Crippen molar-refractivity contribution < 1.29 is 14.6 Å². The summed E-state index contributed by atoms with van der Waals surface area (Å²) in [6.07, 6.45) is 6.12. The van der Waals surface area contributed by atoms with Crippen LogP contribution in [-0.4, -0.2) is 31.0 Å². The number of ether oxygens (including phenoxy) is 1. The van der Waals surface area contributed by atoms with Crippen LogP contribution >= 0.6 is 0 Å². The van der Waals surface area contributed by atoms with Crippen LogP contribution in [0.3, 0.4) is 0 Å². The van der Waals surface area contributed by atoms with Gasteiger partial charge in [-0.05, 0) is 46.9 Å². The molecule has 4 nitrogen and oxygen atoms in total. The summed E-state index contributed by atoms with van der Waals surface area (Å²) in [5, 5.41) is 12.4. The van der Waals surface area contributed by atoms with E-state index in [4.69, 9.17) is 4.74 Å². The monoisotopic (exact) mass is 379 g/mol. The molecule has 0 aromatic heterocycles. The average molecular weight is 380 g/mol. The normalized spacial score (nSPS) is 17.6. The van der Waals surface area contributed by atoms with Crippen LogP contribution in [0.25, 0.3) is 11.1 Å². The van der Waals surface area contributed by atoms with E-state index in [1.165, 1.54) is 41.5 Å². The van der Waals surface area contributed by atoms with Crippen LogP contribution in [0, 0.1) is 5.41 Å². The standard InChI is InChI=1S/C24H29NO3/c26-15-14-24(12-6-1-7-13-24)17-25-23(27)28-16-22-20-10-4-2-8-18(20)19-9-3-5-11-21(19)22/h2-5,8-11,22,26H,1,6-7,12-17H2,(H,25,27). The van der Waals surface area contributed by atoms with Gasteiger partial charge in [-0.1, -0.05) is 67.8 Å². The van der Waals surface area contributed by atoms with Gasteiger partial charge in [-0.15, -0.1) is 0 Å². The maximum absolute atomic E-state index is 12.4. The van der Waals surface area contributed by atoms with Crippen molar-refractivity contribution in [2.24, 2.45) is 5.41 Å². The Hall–Kier alpha value is -2.33. The van der Waals surface area contributed by atoms with Gasteiger partial charge in [0.25, 0.3) is 0 Å². The van der Waals surface area contributed by atoms with Gasteiger partial charge < -0.3 is 15.2 Å². The van der Waals surface area contributed by atoms with Crippen LogP contribution in [0.15, 0.2) is 48.5 Å². The highest BCUT2D eigenvalue weighted by Gasteiger charge is 2.33. The van der Waals surface area contributed by atoms with Crippen molar-refractivity contribution in [2.45, 2.75) is 44.4 Å². The summed E-state index contributed by atoms with van der Waals surface area (Å²) in [6, 6.07) is 16.7. The molecule has 4 rings (SSSR count). The molecular formula is C24H29NO3. The fourth-order valence-electron chi connectivity index (χ4n) is 4.96. The minimum Gasteiger partial charge on any atom is -0.449 e. The number of carbonyl (C=O) groups excluding carboxylic acids is 1. The first-order chi connectivity index (χ1) is 13.7. The van der Waals surface area contributed by atoms with Crippen LogP contribution < -0.4 is 5.32 Å². The minimum atomic E-state index is -0.357. The van der Waals surface area contributed by atoms with Gasteiger partial charge in [0, 0.05) is 19.1 Å². The minimum absolute atomic E-state index is 0.0264. The highest BCUT2D eigenvalue weighted by molar-refractivity contribution is 5.79. The van der Waals surface area contributed by atoms with Crippen LogP contribution in [0.4, 0.5) is 4.79 Å². The number of alkyl carbamates (subject to hydrolysis) is 1. The smallest absolute Gasteiger partial charge is 0.407 e. The quantitative estimate of drug-likeness (QED) is 0.754. The Labute approximate surface area is 166 Å². The summed E-state index contributed by atoms with van der Waals surface area (Å²) in [5.74, 6) is 0.0826. The molecule has 0 heterocycles. The van der Waals surface area contributed by atoms with E-state index in [9.17, 15) is 9.90 Å². The fourth-order valence-corrected chi connectivity index (χ4v) is 4.96. The lowest BCUT2D eigenvalue weighted by atomic mass is 9.72. The number of aliphatic hydroxyl groups excluding tert-OH is 1. The van der Waals surface area contributed by atoms with Gasteiger partial charge in [-0.25, -0.2) is 4.79 Å². The van der Waals surface area contributed by atoms with Gasteiger partial charge in [0.15, 0.2) is 0 Å². The summed E-state index contributed by atoms with van der Waals surface area (Å²) in [7, 11) is 0. The van der Waals surface area contributed by atoms with E-state index in [-0.39, 0.29) is 24.0 Å². The molecule has 0 spiro atoms. The van der Waals surface area contributed by atoms with Crippen LogP contribution in [0.5, 0.6) is 0 Å². The van der Waals surface area contributed by atoms with Crippen molar-refractivity contribution in [2.75, 3.05) is 19.8 Å². The van der Waals surface area contributed by atoms with Gasteiger partial charge in [-0.3, -0.25) is 0 Å². The van der Waals surface area contributed by atoms with Crippen molar-refractivity contribution in [1.82, 2.24) is 5.32 Å². The summed E-state index contributed by atoms with van der Waals surface area (Å²) in [6.45, 7) is 1.10. The number of hydrogen-bond donors (Lipinski definition) is 2. The Balaban J connectivity index is 1.39. The molecule has 2 aliphatic rings.